The van der Waals surface area contributed by atoms with Gasteiger partial charge in [-0.3, -0.25) is 14.3 Å². The van der Waals surface area contributed by atoms with Crippen LogP contribution in [-0.2, 0) is 11.3 Å². The molecule has 4 rings (SSSR count). The summed E-state index contributed by atoms with van der Waals surface area (Å²) < 4.78 is 17.9. The number of anilines is 1. The Morgan fingerprint density at radius 2 is 1.91 bits per heavy atom. The standard InChI is InChI=1S/C25H24N4O6/c1-15(30)19-9-8-18(34-19)13-29-11-10-20(28-29)27-23(31)21-22(33-14-26-21)16-6-5-7-17(12-16)24(32)35-25(2,3)4/h5-12,14H,13H2,1-4H3,(H,27,28,31). The molecule has 0 spiro atoms. The molecule has 4 aromatic rings. The van der Waals surface area contributed by atoms with Gasteiger partial charge in [-0.15, -0.1) is 0 Å². The number of hydrogen-bond acceptors (Lipinski definition) is 8. The third-order valence-electron chi connectivity index (χ3n) is 4.75. The monoisotopic (exact) mass is 476 g/mol. The molecule has 0 bridgehead atoms. The zero-order valence-electron chi connectivity index (χ0n) is 19.7. The molecule has 35 heavy (non-hydrogen) atoms. The summed E-state index contributed by atoms with van der Waals surface area (Å²) in [5.41, 5.74) is 0.226. The molecule has 0 aliphatic carbocycles. The maximum absolute atomic E-state index is 12.9. The van der Waals surface area contributed by atoms with E-state index in [2.05, 4.69) is 15.4 Å². The van der Waals surface area contributed by atoms with Crippen LogP contribution in [0.15, 0.2) is 63.9 Å². The number of oxazole rings is 1. The van der Waals surface area contributed by atoms with E-state index in [1.807, 2.05) is 0 Å². The minimum atomic E-state index is -0.638. The van der Waals surface area contributed by atoms with Gasteiger partial charge in [0.15, 0.2) is 35.2 Å². The second-order valence-electron chi connectivity index (χ2n) is 8.79. The summed E-state index contributed by atoms with van der Waals surface area (Å²) in [6, 6.07) is 11.5. The predicted octanol–water partition coefficient (Wildman–Crippen LogP) is 4.59. The number of benzene rings is 1. The summed E-state index contributed by atoms with van der Waals surface area (Å²) in [6.45, 7) is 7.07. The first-order chi connectivity index (χ1) is 16.6. The molecule has 3 heterocycles. The van der Waals surface area contributed by atoms with Crippen molar-refractivity contribution in [1.29, 1.82) is 0 Å². The van der Waals surface area contributed by atoms with Crippen molar-refractivity contribution in [2.75, 3.05) is 5.32 Å². The van der Waals surface area contributed by atoms with Gasteiger partial charge in [0, 0.05) is 24.8 Å². The number of ether oxygens (including phenoxy) is 1. The number of nitrogens with zero attached hydrogens (tertiary/aromatic N) is 3. The largest absolute Gasteiger partial charge is 0.456 e. The number of rotatable bonds is 7. The van der Waals surface area contributed by atoms with E-state index in [0.717, 1.165) is 6.39 Å². The SMILES string of the molecule is CC(=O)c1ccc(Cn2ccc(NC(=O)c3ncoc3-c3cccc(C(=O)OC(C)(C)C)c3)n2)o1. The summed E-state index contributed by atoms with van der Waals surface area (Å²) in [5.74, 6) is 0.157. The molecule has 0 saturated carbocycles. The Kier molecular flexibility index (Phi) is 6.37. The molecule has 1 N–H and O–H groups in total. The lowest BCUT2D eigenvalue weighted by molar-refractivity contribution is 0.00693. The van der Waals surface area contributed by atoms with Gasteiger partial charge in [-0.1, -0.05) is 12.1 Å². The molecule has 0 aliphatic heterocycles. The second-order valence-corrected chi connectivity index (χ2v) is 8.79. The van der Waals surface area contributed by atoms with Crippen LogP contribution < -0.4 is 5.32 Å². The van der Waals surface area contributed by atoms with Gasteiger partial charge in [0.05, 0.1) is 12.1 Å². The number of esters is 1. The van der Waals surface area contributed by atoms with Gasteiger partial charge in [0.1, 0.15) is 11.4 Å². The number of carbonyl (C=O) groups is 3. The molecular formula is C25H24N4O6. The first-order valence-electron chi connectivity index (χ1n) is 10.8. The smallest absolute Gasteiger partial charge is 0.338 e. The van der Waals surface area contributed by atoms with E-state index in [9.17, 15) is 14.4 Å². The summed E-state index contributed by atoms with van der Waals surface area (Å²) in [7, 11) is 0. The van der Waals surface area contributed by atoms with Crippen molar-refractivity contribution in [1.82, 2.24) is 14.8 Å². The quantitative estimate of drug-likeness (QED) is 0.303. The van der Waals surface area contributed by atoms with Crippen molar-refractivity contribution >= 4 is 23.5 Å². The van der Waals surface area contributed by atoms with E-state index in [1.54, 1.807) is 74.1 Å². The molecule has 0 unspecified atom stereocenters. The Bertz CT molecular complexity index is 1390. The van der Waals surface area contributed by atoms with Gasteiger partial charge >= 0.3 is 5.97 Å². The molecule has 10 heteroatoms. The Morgan fingerprint density at radius 3 is 2.63 bits per heavy atom. The van der Waals surface area contributed by atoms with Crippen molar-refractivity contribution in [3.63, 3.8) is 0 Å². The lowest BCUT2D eigenvalue weighted by atomic mass is 10.1. The van der Waals surface area contributed by atoms with E-state index < -0.39 is 17.5 Å². The minimum absolute atomic E-state index is 0.0398. The summed E-state index contributed by atoms with van der Waals surface area (Å²) in [5, 5.41) is 6.99. The van der Waals surface area contributed by atoms with Crippen LogP contribution >= 0.6 is 0 Å². The zero-order chi connectivity index (χ0) is 25.2. The molecule has 0 fully saturated rings. The highest BCUT2D eigenvalue weighted by Gasteiger charge is 2.22. The minimum Gasteiger partial charge on any atom is -0.456 e. The highest BCUT2D eigenvalue weighted by molar-refractivity contribution is 6.06. The van der Waals surface area contributed by atoms with E-state index >= 15 is 0 Å². The van der Waals surface area contributed by atoms with Crippen LogP contribution in [-0.4, -0.2) is 38.0 Å². The van der Waals surface area contributed by atoms with Crippen molar-refractivity contribution in [3.8, 4) is 11.3 Å². The van der Waals surface area contributed by atoms with Crippen LogP contribution in [0.2, 0.25) is 0 Å². The van der Waals surface area contributed by atoms with Gasteiger partial charge in [0.2, 0.25) is 0 Å². The molecule has 0 saturated heterocycles. The van der Waals surface area contributed by atoms with Gasteiger partial charge < -0.3 is 18.9 Å². The fourth-order valence-corrected chi connectivity index (χ4v) is 3.24. The fourth-order valence-electron chi connectivity index (χ4n) is 3.24. The number of carbonyl (C=O) groups excluding carboxylic acids is 3. The molecule has 1 amide bonds. The third kappa shape index (κ3) is 5.72. The van der Waals surface area contributed by atoms with E-state index in [-0.39, 0.29) is 29.5 Å². The van der Waals surface area contributed by atoms with Crippen LogP contribution in [0.5, 0.6) is 0 Å². The van der Waals surface area contributed by atoms with Crippen LogP contribution in [0.25, 0.3) is 11.3 Å². The normalized spacial score (nSPS) is 11.3. The molecule has 180 valence electrons. The average molecular weight is 476 g/mol. The topological polar surface area (TPSA) is 129 Å². The zero-order valence-corrected chi connectivity index (χ0v) is 19.7. The maximum Gasteiger partial charge on any atom is 0.338 e. The lowest BCUT2D eigenvalue weighted by Gasteiger charge is -2.19. The molecule has 1 aromatic carbocycles. The number of nitrogens with one attached hydrogen (secondary N) is 1. The first kappa shape index (κ1) is 23.7. The summed E-state index contributed by atoms with van der Waals surface area (Å²) >= 11 is 0. The fraction of sp³-hybridized carbons (Fsp3) is 0.240. The van der Waals surface area contributed by atoms with Crippen LogP contribution in [0.3, 0.4) is 0 Å². The van der Waals surface area contributed by atoms with Crippen LogP contribution in [0.4, 0.5) is 5.82 Å². The van der Waals surface area contributed by atoms with E-state index in [1.165, 1.54) is 6.92 Å². The van der Waals surface area contributed by atoms with Crippen LogP contribution in [0, 0.1) is 0 Å². The number of hydrogen-bond donors (Lipinski definition) is 1. The summed E-state index contributed by atoms with van der Waals surface area (Å²) in [4.78, 5) is 40.7. The van der Waals surface area contributed by atoms with Crippen molar-refractivity contribution in [2.45, 2.75) is 39.8 Å². The van der Waals surface area contributed by atoms with Crippen molar-refractivity contribution < 1.29 is 28.0 Å². The van der Waals surface area contributed by atoms with E-state index in [4.69, 9.17) is 13.6 Å². The maximum atomic E-state index is 12.9. The Hall–Kier alpha value is -4.47. The molecule has 3 aromatic heterocycles. The number of amides is 1. The Balaban J connectivity index is 1.47. The van der Waals surface area contributed by atoms with Crippen molar-refractivity contribution in [2.24, 2.45) is 0 Å². The highest BCUT2D eigenvalue weighted by Crippen LogP contribution is 2.26. The van der Waals surface area contributed by atoms with Crippen LogP contribution in [0.1, 0.15) is 64.9 Å². The predicted molar refractivity (Wildman–Crippen MR) is 125 cm³/mol. The second kappa shape index (κ2) is 9.41. The third-order valence-corrected chi connectivity index (χ3v) is 4.75. The molecule has 0 aliphatic rings. The average Bonchev–Trinajstić information content (AvgIpc) is 3.54. The first-order valence-corrected chi connectivity index (χ1v) is 10.8. The van der Waals surface area contributed by atoms with Gasteiger partial charge in [-0.2, -0.15) is 5.10 Å². The van der Waals surface area contributed by atoms with E-state index in [0.29, 0.717) is 22.7 Å². The molecule has 10 nitrogen and oxygen atoms in total. The lowest BCUT2D eigenvalue weighted by Crippen LogP contribution is -2.23. The van der Waals surface area contributed by atoms with Gasteiger partial charge in [-0.05, 0) is 45.0 Å². The number of ketones is 1. The Morgan fingerprint density at radius 1 is 1.11 bits per heavy atom. The van der Waals surface area contributed by atoms with Gasteiger partial charge in [-0.25, -0.2) is 9.78 Å². The summed E-state index contributed by atoms with van der Waals surface area (Å²) in [6.07, 6.45) is 2.83. The number of furan rings is 1. The van der Waals surface area contributed by atoms with Crippen molar-refractivity contribution in [3.05, 3.63) is 77.8 Å². The molecular weight excluding hydrogens is 452 g/mol. The van der Waals surface area contributed by atoms with Gasteiger partial charge in [0.25, 0.3) is 5.91 Å². The number of aromatic nitrogens is 3. The highest BCUT2D eigenvalue weighted by atomic mass is 16.6. The Labute approximate surface area is 200 Å². The number of Topliss-reactive ketones (excluding diaryl/α,β-unsaturated/α-hetero) is 1. The molecule has 0 atom stereocenters. The molecule has 0 radical (unpaired) electrons.